The highest BCUT2D eigenvalue weighted by Gasteiger charge is 2.28. The Labute approximate surface area is 115 Å². The molecule has 1 aromatic rings. The zero-order valence-corrected chi connectivity index (χ0v) is 12.4. The molecule has 0 N–H and O–H groups in total. The first kappa shape index (κ1) is 14.0. The topological polar surface area (TPSA) is 40.6 Å². The summed E-state index contributed by atoms with van der Waals surface area (Å²) in [5, 5.41) is 0. The van der Waals surface area contributed by atoms with Crippen molar-refractivity contribution in [3.63, 3.8) is 0 Å². The molecule has 1 aliphatic carbocycles. The Morgan fingerprint density at radius 2 is 1.79 bits per heavy atom. The van der Waals surface area contributed by atoms with Gasteiger partial charge in [0.05, 0.1) is 24.6 Å². The Morgan fingerprint density at radius 1 is 1.16 bits per heavy atom. The molecule has 1 saturated carbocycles. The van der Waals surface area contributed by atoms with Crippen molar-refractivity contribution < 1.29 is 14.2 Å². The third-order valence-electron chi connectivity index (χ3n) is 2.42. The minimum Gasteiger partial charge on any atom is -0.485 e. The first-order chi connectivity index (χ1) is 8.85. The molecule has 0 bridgehead atoms. The number of hydrogen-bond acceptors (Lipinski definition) is 4. The van der Waals surface area contributed by atoms with Gasteiger partial charge in [0.2, 0.25) is 5.75 Å². The fraction of sp³-hybridized carbons (Fsp3) is 0.667. The van der Waals surface area contributed by atoms with Crippen molar-refractivity contribution in [1.82, 2.24) is 4.98 Å². The maximum atomic E-state index is 6.00. The van der Waals surface area contributed by atoms with E-state index in [9.17, 15) is 0 Å². The molecule has 0 aliphatic heterocycles. The van der Waals surface area contributed by atoms with Crippen molar-refractivity contribution in [3.05, 3.63) is 12.4 Å². The zero-order valence-electron chi connectivity index (χ0n) is 12.4. The van der Waals surface area contributed by atoms with Gasteiger partial charge in [-0.2, -0.15) is 0 Å². The molecule has 4 nitrogen and oxygen atoms in total. The average Bonchev–Trinajstić information content (AvgIpc) is 3.04. The third-order valence-corrected chi connectivity index (χ3v) is 2.42. The van der Waals surface area contributed by atoms with Gasteiger partial charge in [-0.3, -0.25) is 4.98 Å². The number of pyridine rings is 1. The summed E-state index contributed by atoms with van der Waals surface area (Å²) >= 11 is 0. The van der Waals surface area contributed by atoms with Crippen molar-refractivity contribution in [2.24, 2.45) is 0 Å². The van der Waals surface area contributed by atoms with Crippen molar-refractivity contribution in [1.29, 1.82) is 0 Å². The van der Waals surface area contributed by atoms with Crippen LogP contribution < -0.4 is 14.2 Å². The second kappa shape index (κ2) is 5.27. The second-order valence-corrected chi connectivity index (χ2v) is 6.16. The van der Waals surface area contributed by atoms with E-state index in [0.29, 0.717) is 23.4 Å². The van der Waals surface area contributed by atoms with Crippen LogP contribution in [-0.4, -0.2) is 22.8 Å². The van der Waals surface area contributed by atoms with Gasteiger partial charge in [-0.05, 0) is 47.5 Å². The summed E-state index contributed by atoms with van der Waals surface area (Å²) in [5.41, 5.74) is -0.307. The van der Waals surface area contributed by atoms with Gasteiger partial charge in [-0.15, -0.1) is 0 Å². The normalized spacial score (nSPS) is 15.5. The zero-order chi connectivity index (χ0) is 14.0. The summed E-state index contributed by atoms with van der Waals surface area (Å²) in [7, 11) is 0. The van der Waals surface area contributed by atoms with Crippen LogP contribution >= 0.6 is 0 Å². The molecule has 1 aliphatic rings. The summed E-state index contributed by atoms with van der Waals surface area (Å²) in [6.45, 7) is 9.99. The third kappa shape index (κ3) is 4.30. The molecule has 0 radical (unpaired) electrons. The van der Waals surface area contributed by atoms with Gasteiger partial charge in [0.1, 0.15) is 5.60 Å². The largest absolute Gasteiger partial charge is 0.485 e. The van der Waals surface area contributed by atoms with E-state index in [-0.39, 0.29) is 11.7 Å². The van der Waals surface area contributed by atoms with Crippen LogP contribution in [0.1, 0.15) is 47.5 Å². The highest BCUT2D eigenvalue weighted by Crippen LogP contribution is 2.41. The van der Waals surface area contributed by atoms with Gasteiger partial charge in [0.25, 0.3) is 0 Å². The molecule has 0 atom stereocenters. The van der Waals surface area contributed by atoms with Crippen LogP contribution in [0.2, 0.25) is 0 Å². The number of hydrogen-bond donors (Lipinski definition) is 0. The van der Waals surface area contributed by atoms with Crippen LogP contribution in [0, 0.1) is 0 Å². The van der Waals surface area contributed by atoms with Crippen LogP contribution in [0.25, 0.3) is 0 Å². The van der Waals surface area contributed by atoms with Crippen molar-refractivity contribution in [3.8, 4) is 17.2 Å². The standard InChI is InChI=1S/C15H23NO3/c1-10(2)17-12-8-16-9-13(18-11-6-7-11)14(12)19-15(3,4)5/h8-11H,6-7H2,1-5H3. The lowest BCUT2D eigenvalue weighted by molar-refractivity contribution is 0.111. The maximum absolute atomic E-state index is 6.00. The molecule has 2 rings (SSSR count). The predicted octanol–water partition coefficient (Wildman–Crippen LogP) is 3.59. The average molecular weight is 265 g/mol. The lowest BCUT2D eigenvalue weighted by Gasteiger charge is -2.25. The van der Waals surface area contributed by atoms with E-state index in [0.717, 1.165) is 12.8 Å². The van der Waals surface area contributed by atoms with E-state index in [1.165, 1.54) is 0 Å². The molecule has 106 valence electrons. The maximum Gasteiger partial charge on any atom is 0.207 e. The summed E-state index contributed by atoms with van der Waals surface area (Å²) in [6, 6.07) is 0. The molecule has 19 heavy (non-hydrogen) atoms. The van der Waals surface area contributed by atoms with E-state index in [1.54, 1.807) is 12.4 Å². The van der Waals surface area contributed by atoms with E-state index in [2.05, 4.69) is 4.98 Å². The molecule has 1 aromatic heterocycles. The van der Waals surface area contributed by atoms with Gasteiger partial charge >= 0.3 is 0 Å². The molecule has 1 heterocycles. The minimum atomic E-state index is -0.307. The number of rotatable bonds is 5. The number of aromatic nitrogens is 1. The van der Waals surface area contributed by atoms with Crippen LogP contribution in [0.5, 0.6) is 17.2 Å². The fourth-order valence-corrected chi connectivity index (χ4v) is 1.61. The predicted molar refractivity (Wildman–Crippen MR) is 74.0 cm³/mol. The van der Waals surface area contributed by atoms with E-state index in [1.807, 2.05) is 34.6 Å². The molecule has 0 aromatic carbocycles. The van der Waals surface area contributed by atoms with Crippen LogP contribution in [-0.2, 0) is 0 Å². The van der Waals surface area contributed by atoms with Gasteiger partial charge in [-0.25, -0.2) is 0 Å². The number of nitrogens with zero attached hydrogens (tertiary/aromatic N) is 1. The van der Waals surface area contributed by atoms with Crippen LogP contribution in [0.4, 0.5) is 0 Å². The Kier molecular flexibility index (Phi) is 3.88. The molecule has 0 spiro atoms. The molecule has 1 fully saturated rings. The van der Waals surface area contributed by atoms with E-state index >= 15 is 0 Å². The Bertz CT molecular complexity index is 411. The molecule has 4 heteroatoms. The van der Waals surface area contributed by atoms with Crippen molar-refractivity contribution in [2.75, 3.05) is 0 Å². The van der Waals surface area contributed by atoms with Gasteiger partial charge in [-0.1, -0.05) is 0 Å². The van der Waals surface area contributed by atoms with Gasteiger partial charge in [0, 0.05) is 0 Å². The molecular formula is C15H23NO3. The Hall–Kier alpha value is -1.45. The van der Waals surface area contributed by atoms with Gasteiger partial charge < -0.3 is 14.2 Å². The number of ether oxygens (including phenoxy) is 3. The molecule has 0 amide bonds. The lowest BCUT2D eigenvalue weighted by atomic mass is 10.2. The Morgan fingerprint density at radius 3 is 2.32 bits per heavy atom. The van der Waals surface area contributed by atoms with Crippen LogP contribution in [0.3, 0.4) is 0 Å². The smallest absolute Gasteiger partial charge is 0.207 e. The molecule has 0 saturated heterocycles. The Balaban J connectivity index is 2.29. The summed E-state index contributed by atoms with van der Waals surface area (Å²) in [4.78, 5) is 4.18. The van der Waals surface area contributed by atoms with Crippen molar-refractivity contribution >= 4 is 0 Å². The second-order valence-electron chi connectivity index (χ2n) is 6.16. The summed E-state index contributed by atoms with van der Waals surface area (Å²) in [5.74, 6) is 1.97. The monoisotopic (exact) mass is 265 g/mol. The molecular weight excluding hydrogens is 242 g/mol. The van der Waals surface area contributed by atoms with Crippen molar-refractivity contribution in [2.45, 2.75) is 65.3 Å². The van der Waals surface area contributed by atoms with Crippen LogP contribution in [0.15, 0.2) is 12.4 Å². The summed E-state index contributed by atoms with van der Waals surface area (Å²) in [6.07, 6.45) is 5.96. The first-order valence-electron chi connectivity index (χ1n) is 6.85. The quantitative estimate of drug-likeness (QED) is 0.815. The fourth-order valence-electron chi connectivity index (χ4n) is 1.61. The lowest BCUT2D eigenvalue weighted by Crippen LogP contribution is -2.24. The minimum absolute atomic E-state index is 0.0697. The first-order valence-corrected chi connectivity index (χ1v) is 6.85. The summed E-state index contributed by atoms with van der Waals surface area (Å²) < 4.78 is 17.6. The van der Waals surface area contributed by atoms with Gasteiger partial charge in [0.15, 0.2) is 11.5 Å². The van der Waals surface area contributed by atoms with E-state index < -0.39 is 0 Å². The molecule has 0 unspecified atom stereocenters. The SMILES string of the molecule is CC(C)Oc1cncc(OC2CC2)c1OC(C)(C)C. The highest BCUT2D eigenvalue weighted by atomic mass is 16.6. The van der Waals surface area contributed by atoms with E-state index in [4.69, 9.17) is 14.2 Å². The highest BCUT2D eigenvalue weighted by molar-refractivity contribution is 5.49.